The molecule has 1 aromatic heterocycles. The molecule has 1 aliphatic carbocycles. The predicted octanol–water partition coefficient (Wildman–Crippen LogP) is 2.91. The maximum absolute atomic E-state index is 9.37. The average Bonchev–Trinajstić information content (AvgIpc) is 2.84. The first-order valence-electron chi connectivity index (χ1n) is 7.30. The van der Waals surface area contributed by atoms with Gasteiger partial charge in [0.15, 0.2) is 0 Å². The summed E-state index contributed by atoms with van der Waals surface area (Å²) in [5.74, 6) is 0. The molecule has 1 aromatic carbocycles. The van der Waals surface area contributed by atoms with Crippen LogP contribution in [0.5, 0.6) is 0 Å². The van der Waals surface area contributed by atoms with Crippen molar-refractivity contribution in [2.75, 3.05) is 6.61 Å². The SMILES string of the molecule is CC[C@@H](CO)NC1CCCc2c1[nH]c1ccccc21. The molecule has 0 saturated carbocycles. The Labute approximate surface area is 114 Å². The minimum Gasteiger partial charge on any atom is -0.395 e. The number of H-pyrrole nitrogens is 1. The van der Waals surface area contributed by atoms with E-state index in [0.717, 1.165) is 19.3 Å². The largest absolute Gasteiger partial charge is 0.395 e. The number of hydrogen-bond acceptors (Lipinski definition) is 2. The second-order valence-corrected chi connectivity index (χ2v) is 5.46. The van der Waals surface area contributed by atoms with Crippen molar-refractivity contribution in [3.63, 3.8) is 0 Å². The molecule has 0 spiro atoms. The highest BCUT2D eigenvalue weighted by atomic mass is 16.3. The van der Waals surface area contributed by atoms with E-state index in [1.165, 1.54) is 28.6 Å². The molecule has 2 atom stereocenters. The van der Waals surface area contributed by atoms with E-state index in [1.807, 2.05) is 0 Å². The highest BCUT2D eigenvalue weighted by Crippen LogP contribution is 2.34. The second kappa shape index (κ2) is 5.35. The molecule has 3 nitrogen and oxygen atoms in total. The van der Waals surface area contributed by atoms with Crippen molar-refractivity contribution in [3.8, 4) is 0 Å². The first kappa shape index (κ1) is 12.7. The molecule has 0 saturated heterocycles. The van der Waals surface area contributed by atoms with Crippen LogP contribution in [0, 0.1) is 0 Å². The van der Waals surface area contributed by atoms with Crippen LogP contribution in [0.15, 0.2) is 24.3 Å². The Morgan fingerprint density at radius 2 is 2.26 bits per heavy atom. The lowest BCUT2D eigenvalue weighted by atomic mass is 9.91. The fourth-order valence-electron chi connectivity index (χ4n) is 3.17. The summed E-state index contributed by atoms with van der Waals surface area (Å²) >= 11 is 0. The second-order valence-electron chi connectivity index (χ2n) is 5.46. The van der Waals surface area contributed by atoms with Gasteiger partial charge in [0.2, 0.25) is 0 Å². The molecule has 0 radical (unpaired) electrons. The Morgan fingerprint density at radius 3 is 3.05 bits per heavy atom. The van der Waals surface area contributed by atoms with E-state index < -0.39 is 0 Å². The van der Waals surface area contributed by atoms with Crippen molar-refractivity contribution < 1.29 is 5.11 Å². The molecule has 0 amide bonds. The van der Waals surface area contributed by atoms with Crippen molar-refractivity contribution in [2.45, 2.75) is 44.7 Å². The number of hydrogen-bond donors (Lipinski definition) is 3. The third kappa shape index (κ3) is 2.28. The fraction of sp³-hybridized carbons (Fsp3) is 0.500. The summed E-state index contributed by atoms with van der Waals surface area (Å²) in [4.78, 5) is 3.58. The molecule has 19 heavy (non-hydrogen) atoms. The quantitative estimate of drug-likeness (QED) is 0.789. The van der Waals surface area contributed by atoms with E-state index in [0.29, 0.717) is 6.04 Å². The summed E-state index contributed by atoms with van der Waals surface area (Å²) < 4.78 is 0. The molecule has 0 aliphatic heterocycles. The van der Waals surface area contributed by atoms with Crippen LogP contribution in [-0.4, -0.2) is 22.7 Å². The summed E-state index contributed by atoms with van der Waals surface area (Å²) in [6.45, 7) is 2.32. The summed E-state index contributed by atoms with van der Waals surface area (Å²) in [7, 11) is 0. The van der Waals surface area contributed by atoms with Crippen molar-refractivity contribution >= 4 is 10.9 Å². The van der Waals surface area contributed by atoms with E-state index in [4.69, 9.17) is 0 Å². The molecule has 3 rings (SSSR count). The third-order valence-electron chi connectivity index (χ3n) is 4.26. The zero-order valence-corrected chi connectivity index (χ0v) is 11.4. The van der Waals surface area contributed by atoms with E-state index in [-0.39, 0.29) is 12.6 Å². The van der Waals surface area contributed by atoms with Crippen molar-refractivity contribution in [3.05, 3.63) is 35.5 Å². The molecule has 0 bridgehead atoms. The van der Waals surface area contributed by atoms with E-state index in [9.17, 15) is 5.11 Å². The molecule has 2 aromatic rings. The maximum Gasteiger partial charge on any atom is 0.0584 e. The normalized spacial score (nSPS) is 20.4. The number of aliphatic hydroxyl groups excluding tert-OH is 1. The van der Waals surface area contributed by atoms with Gasteiger partial charge in [-0.3, -0.25) is 0 Å². The lowest BCUT2D eigenvalue weighted by molar-refractivity contribution is 0.222. The lowest BCUT2D eigenvalue weighted by Crippen LogP contribution is -2.36. The highest BCUT2D eigenvalue weighted by Gasteiger charge is 2.25. The number of nitrogens with one attached hydrogen (secondary N) is 2. The van der Waals surface area contributed by atoms with Crippen LogP contribution in [-0.2, 0) is 6.42 Å². The standard InChI is InChI=1S/C16H22N2O/c1-2-11(10-19)17-15-9-5-7-13-12-6-3-4-8-14(12)18-16(13)15/h3-4,6,8,11,15,17-19H,2,5,7,9-10H2,1H3/t11-,15?/m0/s1. The molecular weight excluding hydrogens is 236 g/mol. The summed E-state index contributed by atoms with van der Waals surface area (Å²) in [5, 5.41) is 14.3. The molecule has 3 N–H and O–H groups in total. The van der Waals surface area contributed by atoms with Crippen molar-refractivity contribution in [2.24, 2.45) is 0 Å². The average molecular weight is 258 g/mol. The number of benzene rings is 1. The molecule has 1 unspecified atom stereocenters. The van der Waals surface area contributed by atoms with Gasteiger partial charge in [0, 0.05) is 28.7 Å². The highest BCUT2D eigenvalue weighted by molar-refractivity contribution is 5.85. The summed E-state index contributed by atoms with van der Waals surface area (Å²) in [5.41, 5.74) is 4.03. The summed E-state index contributed by atoms with van der Waals surface area (Å²) in [6.07, 6.45) is 4.49. The number of para-hydroxylation sites is 1. The molecule has 1 heterocycles. The van der Waals surface area contributed by atoms with Crippen LogP contribution in [0.3, 0.4) is 0 Å². The van der Waals surface area contributed by atoms with Gasteiger partial charge in [0.05, 0.1) is 6.61 Å². The first-order valence-corrected chi connectivity index (χ1v) is 7.30. The van der Waals surface area contributed by atoms with Crippen LogP contribution in [0.25, 0.3) is 10.9 Å². The van der Waals surface area contributed by atoms with Gasteiger partial charge in [-0.25, -0.2) is 0 Å². The van der Waals surface area contributed by atoms with E-state index in [2.05, 4.69) is 41.5 Å². The Morgan fingerprint density at radius 1 is 1.42 bits per heavy atom. The van der Waals surface area contributed by atoms with Gasteiger partial charge in [-0.1, -0.05) is 25.1 Å². The first-order chi connectivity index (χ1) is 9.33. The zero-order chi connectivity index (χ0) is 13.2. The number of aromatic amines is 1. The fourth-order valence-corrected chi connectivity index (χ4v) is 3.17. The van der Waals surface area contributed by atoms with Crippen LogP contribution in [0.2, 0.25) is 0 Å². The van der Waals surface area contributed by atoms with Crippen molar-refractivity contribution in [1.82, 2.24) is 10.3 Å². The predicted molar refractivity (Wildman–Crippen MR) is 78.3 cm³/mol. The van der Waals surface area contributed by atoms with Gasteiger partial charge in [-0.15, -0.1) is 0 Å². The van der Waals surface area contributed by atoms with E-state index >= 15 is 0 Å². The van der Waals surface area contributed by atoms with Gasteiger partial charge >= 0.3 is 0 Å². The zero-order valence-electron chi connectivity index (χ0n) is 11.4. The van der Waals surface area contributed by atoms with Crippen LogP contribution in [0.4, 0.5) is 0 Å². The number of aliphatic hydroxyl groups is 1. The minimum absolute atomic E-state index is 0.197. The number of fused-ring (bicyclic) bond motifs is 3. The monoisotopic (exact) mass is 258 g/mol. The Hall–Kier alpha value is -1.32. The van der Waals surface area contributed by atoms with Gasteiger partial charge in [-0.05, 0) is 37.3 Å². The number of rotatable bonds is 4. The molecule has 1 aliphatic rings. The number of aryl methyl sites for hydroxylation is 1. The van der Waals surface area contributed by atoms with Gasteiger partial charge in [0.25, 0.3) is 0 Å². The Kier molecular flexibility index (Phi) is 3.58. The van der Waals surface area contributed by atoms with Crippen LogP contribution >= 0.6 is 0 Å². The van der Waals surface area contributed by atoms with Crippen LogP contribution in [0.1, 0.15) is 43.5 Å². The topological polar surface area (TPSA) is 48.0 Å². The molecule has 3 heteroatoms. The molecular formula is C16H22N2O. The molecule has 102 valence electrons. The summed E-state index contributed by atoms with van der Waals surface area (Å²) in [6, 6.07) is 9.09. The molecule has 0 fully saturated rings. The Bertz CT molecular complexity index is 557. The van der Waals surface area contributed by atoms with Crippen LogP contribution < -0.4 is 5.32 Å². The smallest absolute Gasteiger partial charge is 0.0584 e. The third-order valence-corrected chi connectivity index (χ3v) is 4.26. The van der Waals surface area contributed by atoms with Gasteiger partial charge < -0.3 is 15.4 Å². The maximum atomic E-state index is 9.37. The number of aromatic nitrogens is 1. The van der Waals surface area contributed by atoms with E-state index in [1.54, 1.807) is 0 Å². The van der Waals surface area contributed by atoms with Crippen molar-refractivity contribution in [1.29, 1.82) is 0 Å². The Balaban J connectivity index is 1.95. The lowest BCUT2D eigenvalue weighted by Gasteiger charge is -2.27. The minimum atomic E-state index is 0.197. The van der Waals surface area contributed by atoms with Gasteiger partial charge in [-0.2, -0.15) is 0 Å². The van der Waals surface area contributed by atoms with Gasteiger partial charge in [0.1, 0.15) is 0 Å².